The number of allylic oxidation sites excluding steroid dienone is 1. The number of carbonyl (C=O) groups excluding carboxylic acids is 2. The molecule has 0 aromatic heterocycles. The first-order valence-corrected chi connectivity index (χ1v) is 14.1. The fourth-order valence-electron chi connectivity index (χ4n) is 6.10. The van der Waals surface area contributed by atoms with E-state index in [2.05, 4.69) is 47.8 Å². The number of esters is 1. The van der Waals surface area contributed by atoms with Gasteiger partial charge in [-0.2, -0.15) is 0 Å². The van der Waals surface area contributed by atoms with E-state index < -0.39 is 0 Å². The molecule has 5 nitrogen and oxygen atoms in total. The van der Waals surface area contributed by atoms with Gasteiger partial charge < -0.3 is 14.8 Å². The number of hydrogen-bond donors (Lipinski definition) is 1. The molecule has 6 rings (SSSR count). The van der Waals surface area contributed by atoms with Crippen LogP contribution in [0.15, 0.2) is 90.5 Å². The molecule has 1 aliphatic heterocycles. The number of fused-ring (bicyclic) bond motifs is 4. The quantitative estimate of drug-likeness (QED) is 0.193. The van der Waals surface area contributed by atoms with Crippen molar-refractivity contribution >= 4 is 33.8 Å². The number of unbranched alkanes of at least 4 members (excludes halogenated alkanes) is 1. The zero-order valence-corrected chi connectivity index (χ0v) is 22.9. The molecule has 0 saturated heterocycles. The molecule has 0 amide bonds. The third kappa shape index (κ3) is 4.77. The number of benzene rings is 4. The molecule has 1 aliphatic carbocycles. The van der Waals surface area contributed by atoms with Gasteiger partial charge in [-0.25, -0.2) is 0 Å². The van der Waals surface area contributed by atoms with E-state index in [-0.39, 0.29) is 23.7 Å². The van der Waals surface area contributed by atoms with Gasteiger partial charge in [0, 0.05) is 29.7 Å². The van der Waals surface area contributed by atoms with E-state index in [0.717, 1.165) is 58.0 Å². The van der Waals surface area contributed by atoms with Crippen LogP contribution in [-0.4, -0.2) is 18.9 Å². The second-order valence-electron chi connectivity index (χ2n) is 10.6. The number of methoxy groups -OCH3 is 1. The van der Waals surface area contributed by atoms with Crippen molar-refractivity contribution in [2.24, 2.45) is 0 Å². The molecule has 4 aromatic rings. The Morgan fingerprint density at radius 1 is 0.900 bits per heavy atom. The predicted octanol–water partition coefficient (Wildman–Crippen LogP) is 8.01. The first-order valence-electron chi connectivity index (χ1n) is 14.1. The highest BCUT2D eigenvalue weighted by molar-refractivity contribution is 6.13. The first kappa shape index (κ1) is 25.9. The summed E-state index contributed by atoms with van der Waals surface area (Å²) in [5, 5.41) is 5.98. The Balaban J connectivity index is 1.45. The molecule has 0 bridgehead atoms. The van der Waals surface area contributed by atoms with Crippen LogP contribution < -0.4 is 14.8 Å². The monoisotopic (exact) mass is 531 g/mol. The topological polar surface area (TPSA) is 64.6 Å². The Hall–Kier alpha value is -4.38. The van der Waals surface area contributed by atoms with Crippen LogP contribution in [0.25, 0.3) is 16.3 Å². The van der Waals surface area contributed by atoms with Gasteiger partial charge in [-0.1, -0.05) is 80.1 Å². The molecule has 0 saturated carbocycles. The van der Waals surface area contributed by atoms with E-state index in [4.69, 9.17) is 9.47 Å². The highest BCUT2D eigenvalue weighted by Crippen LogP contribution is 2.51. The minimum Gasteiger partial charge on any atom is -0.493 e. The fourth-order valence-corrected chi connectivity index (χ4v) is 6.10. The summed E-state index contributed by atoms with van der Waals surface area (Å²) < 4.78 is 11.3. The van der Waals surface area contributed by atoms with Crippen LogP contribution >= 0.6 is 0 Å². The van der Waals surface area contributed by atoms with Gasteiger partial charge in [0.25, 0.3) is 0 Å². The molecule has 1 N–H and O–H groups in total. The van der Waals surface area contributed by atoms with Crippen LogP contribution in [-0.2, 0) is 9.59 Å². The Kier molecular flexibility index (Phi) is 7.12. The molecular weight excluding hydrogens is 498 g/mol. The number of carbonyl (C=O) groups is 2. The number of anilines is 1. The molecule has 2 atom stereocenters. The SMILES string of the molecule is CCCCC(=O)Oc1ccc([C@@H]2Nc3ccc4ccccc4c3C3=C2C(=O)C[C@H](c2ccccc2)C3)cc1OC. The Morgan fingerprint density at radius 3 is 2.50 bits per heavy atom. The zero-order valence-electron chi connectivity index (χ0n) is 22.9. The van der Waals surface area contributed by atoms with Crippen LogP contribution in [0.5, 0.6) is 11.5 Å². The average molecular weight is 532 g/mol. The molecule has 2 aliphatic rings. The zero-order chi connectivity index (χ0) is 27.6. The maximum absolute atomic E-state index is 14.0. The second-order valence-corrected chi connectivity index (χ2v) is 10.6. The van der Waals surface area contributed by atoms with Gasteiger partial charge in [0.15, 0.2) is 17.3 Å². The van der Waals surface area contributed by atoms with Crippen molar-refractivity contribution in [3.05, 3.63) is 107 Å². The summed E-state index contributed by atoms with van der Waals surface area (Å²) in [7, 11) is 1.57. The molecule has 0 radical (unpaired) electrons. The van der Waals surface area contributed by atoms with E-state index >= 15 is 0 Å². The highest BCUT2D eigenvalue weighted by Gasteiger charge is 2.38. The number of ether oxygens (including phenoxy) is 2. The smallest absolute Gasteiger partial charge is 0.311 e. The third-order valence-electron chi connectivity index (χ3n) is 8.08. The third-order valence-corrected chi connectivity index (χ3v) is 8.08. The van der Waals surface area contributed by atoms with Crippen molar-refractivity contribution < 1.29 is 19.1 Å². The lowest BCUT2D eigenvalue weighted by Crippen LogP contribution is -2.29. The van der Waals surface area contributed by atoms with Crippen molar-refractivity contribution in [2.75, 3.05) is 12.4 Å². The largest absolute Gasteiger partial charge is 0.493 e. The number of hydrogen-bond acceptors (Lipinski definition) is 5. The van der Waals surface area contributed by atoms with Gasteiger partial charge in [0.2, 0.25) is 0 Å². The summed E-state index contributed by atoms with van der Waals surface area (Å²) >= 11 is 0. The molecule has 202 valence electrons. The summed E-state index contributed by atoms with van der Waals surface area (Å²) in [5.41, 5.74) is 6.13. The highest BCUT2D eigenvalue weighted by atomic mass is 16.6. The van der Waals surface area contributed by atoms with Crippen molar-refractivity contribution in [1.29, 1.82) is 0 Å². The number of Topliss-reactive ketones (excluding diaryl/α,β-unsaturated/α-hetero) is 1. The van der Waals surface area contributed by atoms with Gasteiger partial charge in [-0.15, -0.1) is 0 Å². The molecule has 0 spiro atoms. The van der Waals surface area contributed by atoms with Gasteiger partial charge in [-0.05, 0) is 64.4 Å². The maximum atomic E-state index is 14.0. The van der Waals surface area contributed by atoms with Crippen molar-refractivity contribution in [3.63, 3.8) is 0 Å². The van der Waals surface area contributed by atoms with Crippen LogP contribution in [0.4, 0.5) is 5.69 Å². The second kappa shape index (κ2) is 11.0. The van der Waals surface area contributed by atoms with Gasteiger partial charge in [0.1, 0.15) is 0 Å². The Morgan fingerprint density at radius 2 is 1.70 bits per heavy atom. The lowest BCUT2D eigenvalue weighted by Gasteiger charge is -2.37. The number of nitrogens with one attached hydrogen (secondary N) is 1. The molecular formula is C35H33NO4. The van der Waals surface area contributed by atoms with Crippen LogP contribution in [0.1, 0.15) is 67.7 Å². The summed E-state index contributed by atoms with van der Waals surface area (Å²) in [4.78, 5) is 26.3. The lowest BCUT2D eigenvalue weighted by atomic mass is 9.71. The summed E-state index contributed by atoms with van der Waals surface area (Å²) in [6.45, 7) is 2.04. The van der Waals surface area contributed by atoms with Crippen molar-refractivity contribution in [3.8, 4) is 11.5 Å². The van der Waals surface area contributed by atoms with Crippen molar-refractivity contribution in [2.45, 2.75) is 51.0 Å². The fraction of sp³-hybridized carbons (Fsp3) is 0.257. The standard InChI is InChI=1S/C35H33NO4/c1-3-4-14-32(38)40-30-18-16-24(21-31(30)39-2)35-34-27(19-25(20-29(34)37)22-10-6-5-7-11-22)33-26-13-9-8-12-23(26)15-17-28(33)36-35/h5-13,15-18,21,25,35-36H,3-4,14,19-20H2,1-2H3/t25-,35+/m1/s1. The Bertz CT molecular complexity index is 1620. The van der Waals surface area contributed by atoms with Crippen LogP contribution in [0, 0.1) is 0 Å². The van der Waals surface area contributed by atoms with Gasteiger partial charge >= 0.3 is 5.97 Å². The Labute approximate surface area is 234 Å². The average Bonchev–Trinajstić information content (AvgIpc) is 2.99. The number of ketones is 1. The number of rotatable bonds is 7. The summed E-state index contributed by atoms with van der Waals surface area (Å²) in [6.07, 6.45) is 3.32. The van der Waals surface area contributed by atoms with Crippen LogP contribution in [0.3, 0.4) is 0 Å². The lowest BCUT2D eigenvalue weighted by molar-refractivity contribution is -0.134. The van der Waals surface area contributed by atoms with E-state index in [1.54, 1.807) is 13.2 Å². The molecule has 5 heteroatoms. The van der Waals surface area contributed by atoms with Gasteiger partial charge in [0.05, 0.1) is 13.2 Å². The summed E-state index contributed by atoms with van der Waals surface area (Å²) in [6, 6.07) is 28.2. The maximum Gasteiger partial charge on any atom is 0.311 e. The molecule has 0 fully saturated rings. The summed E-state index contributed by atoms with van der Waals surface area (Å²) in [5.74, 6) is 0.866. The van der Waals surface area contributed by atoms with E-state index in [1.807, 2.05) is 43.3 Å². The van der Waals surface area contributed by atoms with Gasteiger partial charge in [-0.3, -0.25) is 9.59 Å². The van der Waals surface area contributed by atoms with E-state index in [9.17, 15) is 9.59 Å². The minimum absolute atomic E-state index is 0.123. The van der Waals surface area contributed by atoms with Crippen molar-refractivity contribution in [1.82, 2.24) is 0 Å². The first-order chi connectivity index (χ1) is 19.6. The normalized spacial score (nSPS) is 18.1. The minimum atomic E-state index is -0.341. The van der Waals surface area contributed by atoms with E-state index in [0.29, 0.717) is 24.3 Å². The molecule has 0 unspecified atom stereocenters. The molecule has 1 heterocycles. The predicted molar refractivity (Wildman–Crippen MR) is 159 cm³/mol. The molecule has 4 aromatic carbocycles. The molecule has 40 heavy (non-hydrogen) atoms. The van der Waals surface area contributed by atoms with E-state index in [1.165, 1.54) is 5.56 Å². The van der Waals surface area contributed by atoms with Crippen LogP contribution in [0.2, 0.25) is 0 Å².